The van der Waals surface area contributed by atoms with Gasteiger partial charge in [-0.1, -0.05) is 0 Å². The maximum atomic E-state index is 13.9. The van der Waals surface area contributed by atoms with E-state index in [4.69, 9.17) is 4.74 Å². The molecule has 0 aliphatic carbocycles. The zero-order valence-corrected chi connectivity index (χ0v) is 15.1. The first-order valence-electron chi connectivity index (χ1n) is 8.26. The van der Waals surface area contributed by atoms with Crippen molar-refractivity contribution in [3.8, 4) is 0 Å². The number of aromatic nitrogens is 3. The summed E-state index contributed by atoms with van der Waals surface area (Å²) in [6.45, 7) is 0.945. The molecule has 0 bridgehead atoms. The Balaban J connectivity index is 1.72. The fourth-order valence-electron chi connectivity index (χ4n) is 3.12. The van der Waals surface area contributed by atoms with Gasteiger partial charge in [0.2, 0.25) is 10.0 Å². The number of piperidine rings is 1. The molecule has 1 saturated heterocycles. The van der Waals surface area contributed by atoms with Crippen LogP contribution in [0.15, 0.2) is 29.4 Å². The number of methoxy groups -OCH3 is 1. The number of sulfonamides is 1. The highest BCUT2D eigenvalue weighted by atomic mass is 32.2. The lowest BCUT2D eigenvalue weighted by Gasteiger charge is -2.32. The molecule has 3 rings (SSSR count). The van der Waals surface area contributed by atoms with Gasteiger partial charge in [0.25, 0.3) is 0 Å². The van der Waals surface area contributed by atoms with E-state index in [0.717, 1.165) is 24.0 Å². The molecule has 1 aromatic carbocycles. The van der Waals surface area contributed by atoms with Crippen molar-refractivity contribution in [1.82, 2.24) is 19.1 Å². The van der Waals surface area contributed by atoms with Crippen LogP contribution < -0.4 is 0 Å². The first-order valence-corrected chi connectivity index (χ1v) is 9.70. The normalized spacial score (nSPS) is 16.9. The largest absolute Gasteiger partial charge is 0.384 e. The second kappa shape index (κ2) is 7.77. The summed E-state index contributed by atoms with van der Waals surface area (Å²) in [6.07, 6.45) is 3.32. The Labute approximate surface area is 150 Å². The monoisotopic (exact) mass is 386 g/mol. The van der Waals surface area contributed by atoms with E-state index in [9.17, 15) is 17.2 Å². The van der Waals surface area contributed by atoms with Crippen molar-refractivity contribution in [2.75, 3.05) is 26.8 Å². The zero-order valence-electron chi connectivity index (χ0n) is 14.3. The van der Waals surface area contributed by atoms with Crippen LogP contribution >= 0.6 is 0 Å². The van der Waals surface area contributed by atoms with Crippen LogP contribution in [0.25, 0.3) is 0 Å². The van der Waals surface area contributed by atoms with Crippen molar-refractivity contribution in [2.45, 2.75) is 30.2 Å². The summed E-state index contributed by atoms with van der Waals surface area (Å²) in [4.78, 5) is -0.624. The van der Waals surface area contributed by atoms with E-state index in [1.165, 1.54) is 4.31 Å². The quantitative estimate of drug-likeness (QED) is 0.756. The van der Waals surface area contributed by atoms with E-state index in [2.05, 4.69) is 10.2 Å². The van der Waals surface area contributed by atoms with E-state index in [-0.39, 0.29) is 19.1 Å². The third kappa shape index (κ3) is 3.76. The van der Waals surface area contributed by atoms with Crippen molar-refractivity contribution in [3.63, 3.8) is 0 Å². The van der Waals surface area contributed by atoms with E-state index >= 15 is 0 Å². The molecular weight excluding hydrogens is 366 g/mol. The van der Waals surface area contributed by atoms with Crippen LogP contribution in [0.5, 0.6) is 0 Å². The molecule has 7 nitrogen and oxygen atoms in total. The molecule has 26 heavy (non-hydrogen) atoms. The van der Waals surface area contributed by atoms with Crippen LogP contribution in [-0.2, 0) is 21.2 Å². The van der Waals surface area contributed by atoms with Crippen molar-refractivity contribution >= 4 is 10.0 Å². The zero-order chi connectivity index (χ0) is 18.7. The topological polar surface area (TPSA) is 77.3 Å². The first-order chi connectivity index (χ1) is 12.4. The molecule has 1 aromatic heterocycles. The lowest BCUT2D eigenvalue weighted by atomic mass is 10.1. The van der Waals surface area contributed by atoms with Crippen molar-refractivity contribution < 1.29 is 21.9 Å². The van der Waals surface area contributed by atoms with Gasteiger partial charge in [-0.15, -0.1) is 10.2 Å². The molecule has 0 atom stereocenters. The van der Waals surface area contributed by atoms with Gasteiger partial charge in [0, 0.05) is 32.7 Å². The summed E-state index contributed by atoms with van der Waals surface area (Å²) in [6, 6.07) is 2.50. The summed E-state index contributed by atoms with van der Waals surface area (Å²) in [5.74, 6) is -0.953. The summed E-state index contributed by atoms with van der Waals surface area (Å²) in [7, 11) is -2.47. The molecule has 1 aliphatic rings. The average Bonchev–Trinajstić information content (AvgIpc) is 3.10. The van der Waals surface area contributed by atoms with Crippen molar-refractivity contribution in [1.29, 1.82) is 0 Å². The third-order valence-electron chi connectivity index (χ3n) is 4.50. The Morgan fingerprint density at radius 1 is 1.27 bits per heavy atom. The molecule has 0 N–H and O–H groups in total. The number of nitrogens with zero attached hydrogens (tertiary/aromatic N) is 4. The minimum absolute atomic E-state index is 0.0562. The predicted molar refractivity (Wildman–Crippen MR) is 89.0 cm³/mol. The molecule has 0 unspecified atom stereocenters. The fourth-order valence-corrected chi connectivity index (χ4v) is 4.66. The van der Waals surface area contributed by atoms with Crippen LogP contribution in [0, 0.1) is 11.6 Å². The number of hydrogen-bond donors (Lipinski definition) is 0. The molecule has 10 heteroatoms. The second-order valence-electron chi connectivity index (χ2n) is 6.11. The molecule has 0 spiro atoms. The van der Waals surface area contributed by atoms with Crippen molar-refractivity contribution in [3.05, 3.63) is 42.0 Å². The summed E-state index contributed by atoms with van der Waals surface area (Å²) in [5.41, 5.74) is 0. The van der Waals surface area contributed by atoms with Crippen LogP contribution in [0.4, 0.5) is 8.78 Å². The van der Waals surface area contributed by atoms with E-state index < -0.39 is 26.6 Å². The maximum absolute atomic E-state index is 13.9. The predicted octanol–water partition coefficient (Wildman–Crippen LogP) is 1.77. The van der Waals surface area contributed by atoms with E-state index in [1.807, 2.05) is 4.57 Å². The molecule has 2 heterocycles. The molecule has 2 aromatic rings. The van der Waals surface area contributed by atoms with E-state index in [0.29, 0.717) is 25.9 Å². The third-order valence-corrected chi connectivity index (χ3v) is 6.42. The second-order valence-corrected chi connectivity index (χ2v) is 8.01. The molecule has 1 aliphatic heterocycles. The average molecular weight is 386 g/mol. The first kappa shape index (κ1) is 18.9. The number of ether oxygens (including phenoxy) is 1. The highest BCUT2D eigenvalue weighted by molar-refractivity contribution is 7.89. The Bertz CT molecular complexity index is 864. The van der Waals surface area contributed by atoms with Crippen molar-refractivity contribution in [2.24, 2.45) is 0 Å². The van der Waals surface area contributed by atoms with Gasteiger partial charge in [0.05, 0.1) is 6.61 Å². The Morgan fingerprint density at radius 2 is 2.00 bits per heavy atom. The van der Waals surface area contributed by atoms with Crippen LogP contribution in [0.1, 0.15) is 24.7 Å². The van der Waals surface area contributed by atoms with Gasteiger partial charge < -0.3 is 9.30 Å². The molecule has 0 saturated carbocycles. The standard InChI is InChI=1S/C16H20F2N4O3S/c1-25-9-6-16-20-19-11-22(16)13-4-7-21(8-5-13)26(23,24)15-10-12(17)2-3-14(15)18/h2-3,10-11,13H,4-9H2,1H3. The molecule has 1 fully saturated rings. The number of benzene rings is 1. The van der Waals surface area contributed by atoms with Gasteiger partial charge >= 0.3 is 0 Å². The molecule has 142 valence electrons. The summed E-state index contributed by atoms with van der Waals surface area (Å²) >= 11 is 0. The van der Waals surface area contributed by atoms with Gasteiger partial charge in [0.15, 0.2) is 0 Å². The van der Waals surface area contributed by atoms with Gasteiger partial charge in [-0.3, -0.25) is 0 Å². The summed E-state index contributed by atoms with van der Waals surface area (Å²) < 4.78 is 60.7. The Kier molecular flexibility index (Phi) is 5.64. The summed E-state index contributed by atoms with van der Waals surface area (Å²) in [5, 5.41) is 8.00. The molecular formula is C16H20F2N4O3S. The van der Waals surface area contributed by atoms with Gasteiger partial charge in [-0.25, -0.2) is 17.2 Å². The smallest absolute Gasteiger partial charge is 0.246 e. The van der Waals surface area contributed by atoms with Crippen LogP contribution in [-0.4, -0.2) is 54.3 Å². The minimum Gasteiger partial charge on any atom is -0.384 e. The van der Waals surface area contributed by atoms with Crippen LogP contribution in [0.2, 0.25) is 0 Å². The highest BCUT2D eigenvalue weighted by Crippen LogP contribution is 2.28. The Morgan fingerprint density at radius 3 is 2.69 bits per heavy atom. The number of halogens is 2. The van der Waals surface area contributed by atoms with Gasteiger partial charge in [0.1, 0.15) is 28.7 Å². The number of rotatable bonds is 6. The molecule has 0 amide bonds. The fraction of sp³-hybridized carbons (Fsp3) is 0.500. The maximum Gasteiger partial charge on any atom is 0.246 e. The van der Waals surface area contributed by atoms with Crippen LogP contribution in [0.3, 0.4) is 0 Å². The number of hydrogen-bond acceptors (Lipinski definition) is 5. The Hall–Kier alpha value is -1.91. The minimum atomic E-state index is -4.07. The van der Waals surface area contributed by atoms with Gasteiger partial charge in [-0.05, 0) is 31.0 Å². The van der Waals surface area contributed by atoms with Gasteiger partial charge in [-0.2, -0.15) is 4.31 Å². The lowest BCUT2D eigenvalue weighted by Crippen LogP contribution is -2.39. The highest BCUT2D eigenvalue weighted by Gasteiger charge is 2.32. The SMILES string of the molecule is COCCc1nncn1C1CCN(S(=O)(=O)c2cc(F)ccc2F)CC1. The lowest BCUT2D eigenvalue weighted by molar-refractivity contribution is 0.197. The molecule has 0 radical (unpaired) electrons. The van der Waals surface area contributed by atoms with E-state index in [1.54, 1.807) is 13.4 Å².